The van der Waals surface area contributed by atoms with Crippen LogP contribution in [0.1, 0.15) is 19.4 Å². The lowest BCUT2D eigenvalue weighted by Gasteiger charge is -2.27. The van der Waals surface area contributed by atoms with E-state index >= 15 is 0 Å². The van der Waals surface area contributed by atoms with Gasteiger partial charge in [-0.2, -0.15) is 0 Å². The summed E-state index contributed by atoms with van der Waals surface area (Å²) in [5.74, 6) is 0. The van der Waals surface area contributed by atoms with Crippen LogP contribution in [0.25, 0.3) is 5.20 Å². The van der Waals surface area contributed by atoms with Crippen molar-refractivity contribution in [2.24, 2.45) is 0 Å². The topological polar surface area (TPSA) is 18.5 Å². The first-order valence-electron chi connectivity index (χ1n) is 6.82. The van der Waals surface area contributed by atoms with E-state index in [0.717, 1.165) is 0 Å². The SMILES string of the molecule is C=C(c1cccc([Si](C)(OCC)OCC)c1)[Si](C)C. The summed E-state index contributed by atoms with van der Waals surface area (Å²) in [5.41, 5.74) is 1.23. The Hall–Kier alpha value is -0.686. The van der Waals surface area contributed by atoms with E-state index in [1.807, 2.05) is 13.8 Å². The second kappa shape index (κ2) is 7.19. The molecule has 0 unspecified atom stereocenters. The van der Waals surface area contributed by atoms with Crippen molar-refractivity contribution in [1.29, 1.82) is 0 Å². The summed E-state index contributed by atoms with van der Waals surface area (Å²) >= 11 is 0. The lowest BCUT2D eigenvalue weighted by Crippen LogP contribution is -2.51. The second-order valence-corrected chi connectivity index (χ2v) is 10.5. The number of hydrogen-bond acceptors (Lipinski definition) is 2. The highest BCUT2D eigenvalue weighted by atomic mass is 28.4. The van der Waals surface area contributed by atoms with Crippen molar-refractivity contribution in [3.05, 3.63) is 36.4 Å². The van der Waals surface area contributed by atoms with Gasteiger partial charge in [-0.15, -0.1) is 0 Å². The molecule has 0 aliphatic heterocycles. The van der Waals surface area contributed by atoms with Crippen LogP contribution in [-0.2, 0) is 8.85 Å². The molecule has 105 valence electrons. The average Bonchev–Trinajstić information content (AvgIpc) is 2.38. The molecular weight excluding hydrogens is 268 g/mol. The molecule has 0 saturated carbocycles. The minimum Gasteiger partial charge on any atom is -0.391 e. The van der Waals surface area contributed by atoms with Crippen LogP contribution < -0.4 is 5.19 Å². The molecule has 1 aromatic rings. The molecule has 0 aliphatic rings. The van der Waals surface area contributed by atoms with E-state index < -0.39 is 17.4 Å². The Morgan fingerprint density at radius 2 is 1.79 bits per heavy atom. The highest BCUT2D eigenvalue weighted by Gasteiger charge is 2.33. The third kappa shape index (κ3) is 4.14. The molecular formula is C15H25O2Si2. The fourth-order valence-corrected chi connectivity index (χ4v) is 5.11. The van der Waals surface area contributed by atoms with Crippen molar-refractivity contribution in [3.63, 3.8) is 0 Å². The van der Waals surface area contributed by atoms with E-state index in [0.29, 0.717) is 13.2 Å². The Kier molecular flexibility index (Phi) is 6.19. The van der Waals surface area contributed by atoms with Crippen LogP contribution in [0.2, 0.25) is 19.6 Å². The molecule has 1 aromatic carbocycles. The molecule has 0 saturated heterocycles. The van der Waals surface area contributed by atoms with Crippen molar-refractivity contribution >= 4 is 27.7 Å². The third-order valence-corrected chi connectivity index (χ3v) is 7.71. The highest BCUT2D eigenvalue weighted by Crippen LogP contribution is 2.16. The normalized spacial score (nSPS) is 11.9. The Labute approximate surface area is 120 Å². The molecule has 0 bridgehead atoms. The summed E-state index contributed by atoms with van der Waals surface area (Å²) in [6.45, 7) is 16.3. The number of rotatable bonds is 7. The Balaban J connectivity index is 3.11. The van der Waals surface area contributed by atoms with Gasteiger partial charge in [-0.25, -0.2) is 0 Å². The first-order valence-corrected chi connectivity index (χ1v) is 11.6. The zero-order chi connectivity index (χ0) is 14.5. The second-order valence-electron chi connectivity index (χ2n) is 4.87. The maximum absolute atomic E-state index is 5.95. The van der Waals surface area contributed by atoms with E-state index in [-0.39, 0.29) is 0 Å². The van der Waals surface area contributed by atoms with Crippen molar-refractivity contribution in [1.82, 2.24) is 0 Å². The molecule has 0 spiro atoms. The highest BCUT2D eigenvalue weighted by molar-refractivity contribution is 6.80. The van der Waals surface area contributed by atoms with Crippen LogP contribution in [-0.4, -0.2) is 30.6 Å². The van der Waals surface area contributed by atoms with Gasteiger partial charge in [0.15, 0.2) is 0 Å². The fourth-order valence-electron chi connectivity index (χ4n) is 2.04. The molecule has 0 atom stereocenters. The van der Waals surface area contributed by atoms with Crippen LogP contribution >= 0.6 is 0 Å². The third-order valence-electron chi connectivity index (χ3n) is 3.18. The lowest BCUT2D eigenvalue weighted by atomic mass is 10.2. The predicted octanol–water partition coefficient (Wildman–Crippen LogP) is 3.35. The van der Waals surface area contributed by atoms with Gasteiger partial charge in [0.1, 0.15) is 0 Å². The van der Waals surface area contributed by atoms with Gasteiger partial charge < -0.3 is 8.85 Å². The summed E-state index contributed by atoms with van der Waals surface area (Å²) in [6, 6.07) is 8.55. The molecule has 0 aliphatic carbocycles. The van der Waals surface area contributed by atoms with Gasteiger partial charge in [0.05, 0.1) is 8.80 Å². The van der Waals surface area contributed by atoms with Crippen LogP contribution in [0, 0.1) is 0 Å². The van der Waals surface area contributed by atoms with Crippen LogP contribution in [0.4, 0.5) is 0 Å². The van der Waals surface area contributed by atoms with E-state index in [4.69, 9.17) is 8.85 Å². The zero-order valence-electron chi connectivity index (χ0n) is 12.7. The van der Waals surface area contributed by atoms with Gasteiger partial charge in [-0.3, -0.25) is 0 Å². The van der Waals surface area contributed by atoms with E-state index in [1.54, 1.807) is 0 Å². The van der Waals surface area contributed by atoms with Crippen molar-refractivity contribution in [2.45, 2.75) is 33.5 Å². The smallest absolute Gasteiger partial charge is 0.369 e. The van der Waals surface area contributed by atoms with Gasteiger partial charge in [0.2, 0.25) is 0 Å². The first kappa shape index (κ1) is 16.4. The molecule has 0 amide bonds. The molecule has 1 radical (unpaired) electrons. The number of hydrogen-bond donors (Lipinski definition) is 0. The standard InChI is InChI=1S/C15H25O2Si2/c1-7-16-19(6,17-8-2)15-11-9-10-14(12-15)13(3)18(4)5/h9-12H,3,7-8H2,1-2,4-6H3. The quantitative estimate of drug-likeness (QED) is 0.718. The number of benzene rings is 1. The summed E-state index contributed by atoms with van der Waals surface area (Å²) in [6.07, 6.45) is 0. The molecule has 2 nitrogen and oxygen atoms in total. The van der Waals surface area contributed by atoms with Crippen molar-refractivity contribution < 1.29 is 8.85 Å². The van der Waals surface area contributed by atoms with Gasteiger partial charge in [0, 0.05) is 13.2 Å². The molecule has 4 heteroatoms. The van der Waals surface area contributed by atoms with Gasteiger partial charge >= 0.3 is 8.56 Å². The molecule has 0 N–H and O–H groups in total. The summed E-state index contributed by atoms with van der Waals surface area (Å²) in [4.78, 5) is 0. The fraction of sp³-hybridized carbons (Fsp3) is 0.467. The minimum absolute atomic E-state index is 0.511. The minimum atomic E-state index is -2.27. The maximum atomic E-state index is 5.95. The van der Waals surface area contributed by atoms with Crippen LogP contribution in [0.15, 0.2) is 30.8 Å². The molecule has 1 rings (SSSR count). The lowest BCUT2D eigenvalue weighted by molar-refractivity contribution is 0.202. The van der Waals surface area contributed by atoms with Crippen LogP contribution in [0.3, 0.4) is 0 Å². The van der Waals surface area contributed by atoms with Gasteiger partial charge in [-0.1, -0.05) is 49.1 Å². The summed E-state index contributed by atoms with van der Waals surface area (Å²) < 4.78 is 11.9. The van der Waals surface area contributed by atoms with Gasteiger partial charge in [-0.05, 0) is 31.1 Å². The Morgan fingerprint density at radius 3 is 2.26 bits per heavy atom. The van der Waals surface area contributed by atoms with E-state index in [9.17, 15) is 0 Å². The average molecular weight is 294 g/mol. The van der Waals surface area contributed by atoms with E-state index in [2.05, 4.69) is 50.5 Å². The first-order chi connectivity index (χ1) is 8.94. The van der Waals surface area contributed by atoms with E-state index in [1.165, 1.54) is 15.9 Å². The largest absolute Gasteiger partial charge is 0.391 e. The zero-order valence-corrected chi connectivity index (χ0v) is 14.7. The Bertz CT molecular complexity index is 424. The monoisotopic (exact) mass is 293 g/mol. The van der Waals surface area contributed by atoms with Gasteiger partial charge in [0.25, 0.3) is 0 Å². The molecule has 19 heavy (non-hydrogen) atoms. The molecule has 0 heterocycles. The maximum Gasteiger partial charge on any atom is 0.369 e. The van der Waals surface area contributed by atoms with Crippen molar-refractivity contribution in [2.75, 3.05) is 13.2 Å². The Morgan fingerprint density at radius 1 is 1.21 bits per heavy atom. The molecule has 0 aromatic heterocycles. The summed E-state index contributed by atoms with van der Waals surface area (Å²) in [7, 11) is -2.78. The molecule has 0 fully saturated rings. The summed E-state index contributed by atoms with van der Waals surface area (Å²) in [5, 5.41) is 2.45. The van der Waals surface area contributed by atoms with Crippen molar-refractivity contribution in [3.8, 4) is 0 Å². The van der Waals surface area contributed by atoms with Crippen LogP contribution in [0.5, 0.6) is 0 Å². The predicted molar refractivity (Wildman–Crippen MR) is 87.5 cm³/mol.